The first-order valence-corrected chi connectivity index (χ1v) is 6.71. The minimum Gasteiger partial charge on any atom is -0.399 e. The number of carbonyl (C=O) groups is 1. The molecule has 0 aromatic heterocycles. The van der Waals surface area contributed by atoms with Crippen molar-refractivity contribution in [3.63, 3.8) is 0 Å². The molecule has 3 N–H and O–H groups in total. The first-order chi connectivity index (χ1) is 8.50. The molecule has 0 heterocycles. The summed E-state index contributed by atoms with van der Waals surface area (Å²) < 4.78 is 0. The Hall–Kier alpha value is -1.22. The van der Waals surface area contributed by atoms with Crippen molar-refractivity contribution in [2.45, 2.75) is 32.6 Å². The lowest BCUT2D eigenvalue weighted by Crippen LogP contribution is -2.34. The molecule has 18 heavy (non-hydrogen) atoms. The smallest absolute Gasteiger partial charge is 0.252 e. The van der Waals surface area contributed by atoms with Gasteiger partial charge < -0.3 is 11.1 Å². The molecule has 1 fully saturated rings. The number of hydrogen-bond donors (Lipinski definition) is 2. The van der Waals surface area contributed by atoms with E-state index in [1.165, 1.54) is 25.7 Å². The van der Waals surface area contributed by atoms with E-state index >= 15 is 0 Å². The van der Waals surface area contributed by atoms with Crippen LogP contribution in [0.5, 0.6) is 0 Å². The Kier molecular flexibility index (Phi) is 3.81. The van der Waals surface area contributed by atoms with Gasteiger partial charge in [-0.15, -0.1) is 0 Å². The van der Waals surface area contributed by atoms with Crippen LogP contribution in [0.2, 0.25) is 5.02 Å². The number of halogens is 1. The summed E-state index contributed by atoms with van der Waals surface area (Å²) in [5, 5.41) is 3.41. The number of rotatable bonds is 3. The molecule has 1 aliphatic carbocycles. The highest BCUT2D eigenvalue weighted by Crippen LogP contribution is 2.36. The van der Waals surface area contributed by atoms with Gasteiger partial charge in [0.15, 0.2) is 0 Å². The third-order valence-corrected chi connectivity index (χ3v) is 4.05. The van der Waals surface area contributed by atoms with Gasteiger partial charge in [0.05, 0.1) is 10.6 Å². The third kappa shape index (κ3) is 2.96. The lowest BCUT2D eigenvalue weighted by molar-refractivity contribution is 0.0934. The normalized spacial score (nSPS) is 17.7. The zero-order valence-corrected chi connectivity index (χ0v) is 11.4. The number of benzene rings is 1. The molecular formula is C14H19ClN2O. The zero-order valence-electron chi connectivity index (χ0n) is 10.6. The van der Waals surface area contributed by atoms with Crippen LogP contribution >= 0.6 is 11.6 Å². The molecule has 0 atom stereocenters. The van der Waals surface area contributed by atoms with Gasteiger partial charge in [-0.3, -0.25) is 4.79 Å². The van der Waals surface area contributed by atoms with Crippen LogP contribution < -0.4 is 11.1 Å². The predicted octanol–water partition coefficient (Wildman–Crippen LogP) is 3.23. The van der Waals surface area contributed by atoms with E-state index in [1.807, 2.05) is 0 Å². The van der Waals surface area contributed by atoms with Crippen molar-refractivity contribution in [3.8, 4) is 0 Å². The van der Waals surface area contributed by atoms with Crippen LogP contribution in [0.15, 0.2) is 18.2 Å². The van der Waals surface area contributed by atoms with Crippen LogP contribution in [0.1, 0.15) is 43.0 Å². The zero-order chi connectivity index (χ0) is 13.2. The molecule has 1 aromatic rings. The molecule has 0 radical (unpaired) electrons. The van der Waals surface area contributed by atoms with Crippen LogP contribution in [0.25, 0.3) is 0 Å². The molecule has 1 amide bonds. The maximum absolute atomic E-state index is 12.1. The number of hydrogen-bond acceptors (Lipinski definition) is 2. The second-order valence-electron chi connectivity index (χ2n) is 5.44. The Morgan fingerprint density at radius 2 is 2.11 bits per heavy atom. The maximum atomic E-state index is 12.1. The Morgan fingerprint density at radius 1 is 1.44 bits per heavy atom. The van der Waals surface area contributed by atoms with Gasteiger partial charge in [-0.25, -0.2) is 0 Å². The molecule has 2 rings (SSSR count). The molecule has 1 aliphatic rings. The molecule has 1 aromatic carbocycles. The maximum Gasteiger partial charge on any atom is 0.252 e. The Morgan fingerprint density at radius 3 is 2.78 bits per heavy atom. The summed E-state index contributed by atoms with van der Waals surface area (Å²) >= 11 is 6.00. The number of nitrogen functional groups attached to an aromatic ring is 1. The second kappa shape index (κ2) is 5.19. The highest BCUT2D eigenvalue weighted by molar-refractivity contribution is 6.34. The SMILES string of the molecule is CC1(CNC(=O)c2cc(N)ccc2Cl)CCCC1. The van der Waals surface area contributed by atoms with E-state index in [0.29, 0.717) is 22.8 Å². The summed E-state index contributed by atoms with van der Waals surface area (Å²) in [6, 6.07) is 4.97. The number of nitrogens with two attached hydrogens (primary N) is 1. The standard InChI is InChI=1S/C14H19ClN2O/c1-14(6-2-3-7-14)9-17-13(18)11-8-10(16)4-5-12(11)15/h4-5,8H,2-3,6-7,9,16H2,1H3,(H,17,18). The summed E-state index contributed by atoms with van der Waals surface area (Å²) in [6.07, 6.45) is 4.87. The van der Waals surface area contributed by atoms with Crippen LogP contribution in [-0.4, -0.2) is 12.5 Å². The lowest BCUT2D eigenvalue weighted by Gasteiger charge is -2.23. The molecule has 3 nitrogen and oxygen atoms in total. The topological polar surface area (TPSA) is 55.1 Å². The highest BCUT2D eigenvalue weighted by Gasteiger charge is 2.29. The van der Waals surface area contributed by atoms with Gasteiger partial charge in [-0.05, 0) is 36.5 Å². The summed E-state index contributed by atoms with van der Waals surface area (Å²) in [7, 11) is 0. The fourth-order valence-corrected chi connectivity index (χ4v) is 2.71. The first kappa shape index (κ1) is 13.2. The average Bonchev–Trinajstić information content (AvgIpc) is 2.77. The minimum absolute atomic E-state index is 0.138. The average molecular weight is 267 g/mol. The van der Waals surface area contributed by atoms with Gasteiger partial charge in [-0.1, -0.05) is 31.4 Å². The molecule has 0 aliphatic heterocycles. The van der Waals surface area contributed by atoms with E-state index in [4.69, 9.17) is 17.3 Å². The van der Waals surface area contributed by atoms with Crippen molar-refractivity contribution < 1.29 is 4.79 Å². The van der Waals surface area contributed by atoms with Crippen molar-refractivity contribution in [1.29, 1.82) is 0 Å². The third-order valence-electron chi connectivity index (χ3n) is 3.72. The molecule has 1 saturated carbocycles. The summed E-state index contributed by atoms with van der Waals surface area (Å²) in [4.78, 5) is 12.1. The Bertz CT molecular complexity index is 453. The van der Waals surface area contributed by atoms with Crippen LogP contribution in [-0.2, 0) is 0 Å². The van der Waals surface area contributed by atoms with E-state index in [9.17, 15) is 4.79 Å². The van der Waals surface area contributed by atoms with Crippen LogP contribution in [0.3, 0.4) is 0 Å². The number of carbonyl (C=O) groups excluding carboxylic acids is 1. The molecule has 98 valence electrons. The van der Waals surface area contributed by atoms with Gasteiger partial charge >= 0.3 is 0 Å². The Labute approximate surface area is 113 Å². The van der Waals surface area contributed by atoms with Gasteiger partial charge in [-0.2, -0.15) is 0 Å². The summed E-state index contributed by atoms with van der Waals surface area (Å²) in [5.41, 5.74) is 6.92. The highest BCUT2D eigenvalue weighted by atomic mass is 35.5. The molecular weight excluding hydrogens is 248 g/mol. The minimum atomic E-state index is -0.138. The van der Waals surface area contributed by atoms with E-state index in [0.717, 1.165) is 0 Å². The largest absolute Gasteiger partial charge is 0.399 e. The van der Waals surface area contributed by atoms with Crippen LogP contribution in [0, 0.1) is 5.41 Å². The second-order valence-corrected chi connectivity index (χ2v) is 5.85. The summed E-state index contributed by atoms with van der Waals surface area (Å²) in [6.45, 7) is 2.93. The fourth-order valence-electron chi connectivity index (χ4n) is 2.51. The van der Waals surface area contributed by atoms with Crippen molar-refractivity contribution in [3.05, 3.63) is 28.8 Å². The van der Waals surface area contributed by atoms with Crippen LogP contribution in [0.4, 0.5) is 5.69 Å². The van der Waals surface area contributed by atoms with Crippen molar-refractivity contribution in [2.24, 2.45) is 5.41 Å². The Balaban J connectivity index is 2.01. The van der Waals surface area contributed by atoms with E-state index in [2.05, 4.69) is 12.2 Å². The monoisotopic (exact) mass is 266 g/mol. The molecule has 0 spiro atoms. The van der Waals surface area contributed by atoms with E-state index < -0.39 is 0 Å². The van der Waals surface area contributed by atoms with Crippen molar-refractivity contribution in [2.75, 3.05) is 12.3 Å². The number of nitrogens with one attached hydrogen (secondary N) is 1. The van der Waals surface area contributed by atoms with Gasteiger partial charge in [0, 0.05) is 12.2 Å². The van der Waals surface area contributed by atoms with E-state index in [1.54, 1.807) is 18.2 Å². The van der Waals surface area contributed by atoms with Crippen molar-refractivity contribution in [1.82, 2.24) is 5.32 Å². The molecule has 0 unspecified atom stereocenters. The van der Waals surface area contributed by atoms with Crippen molar-refractivity contribution >= 4 is 23.2 Å². The lowest BCUT2D eigenvalue weighted by atomic mass is 9.89. The number of amides is 1. The predicted molar refractivity (Wildman–Crippen MR) is 74.8 cm³/mol. The quantitative estimate of drug-likeness (QED) is 0.826. The molecule has 0 bridgehead atoms. The summed E-state index contributed by atoms with van der Waals surface area (Å²) in [5.74, 6) is -0.138. The van der Waals surface area contributed by atoms with Gasteiger partial charge in [0.25, 0.3) is 5.91 Å². The number of anilines is 1. The van der Waals surface area contributed by atoms with Gasteiger partial charge in [0.1, 0.15) is 0 Å². The fraction of sp³-hybridized carbons (Fsp3) is 0.500. The molecule has 0 saturated heterocycles. The molecule has 4 heteroatoms. The first-order valence-electron chi connectivity index (χ1n) is 6.33. The van der Waals surface area contributed by atoms with Gasteiger partial charge in [0.2, 0.25) is 0 Å². The van der Waals surface area contributed by atoms with E-state index in [-0.39, 0.29) is 11.3 Å².